The smallest absolute Gasteiger partial charge is 0.100 e. The quantitative estimate of drug-likeness (QED) is 0.617. The Bertz CT molecular complexity index is 513. The molecule has 20 heavy (non-hydrogen) atoms. The molecule has 1 aromatic carbocycles. The van der Waals surface area contributed by atoms with Crippen LogP contribution in [0.4, 0.5) is 4.39 Å². The molecule has 0 N–H and O–H groups in total. The lowest BCUT2D eigenvalue weighted by molar-refractivity contribution is 0.348. The molecule has 0 nitrogen and oxygen atoms in total. The minimum atomic E-state index is 0.00157. The van der Waals surface area contributed by atoms with Crippen molar-refractivity contribution in [1.29, 1.82) is 0 Å². The lowest BCUT2D eigenvalue weighted by atomic mass is 9.79. The van der Waals surface area contributed by atoms with Crippen molar-refractivity contribution in [3.8, 4) is 0 Å². The number of hydrogen-bond acceptors (Lipinski definition) is 0. The summed E-state index contributed by atoms with van der Waals surface area (Å²) in [6.45, 7) is 2.36. The Morgan fingerprint density at radius 3 is 2.20 bits per heavy atom. The Balaban J connectivity index is 1.72. The first-order valence-corrected chi connectivity index (χ1v) is 7.88. The van der Waals surface area contributed by atoms with Crippen molar-refractivity contribution in [3.63, 3.8) is 0 Å². The summed E-state index contributed by atoms with van der Waals surface area (Å²) in [5.41, 5.74) is 4.00. The molecule has 2 aliphatic rings. The third kappa shape index (κ3) is 3.03. The number of hydrogen-bond donors (Lipinski definition) is 0. The normalized spacial score (nSPS) is 26.9. The third-order valence-corrected chi connectivity index (χ3v) is 4.87. The number of benzene rings is 1. The zero-order valence-corrected chi connectivity index (χ0v) is 12.2. The molecule has 0 amide bonds. The average Bonchev–Trinajstić information content (AvgIpc) is 2.49. The molecule has 1 heteroatoms. The standard InChI is InChI=1S/C19H23F/c1-14-2-4-15(5-3-14)16-6-8-17(9-7-16)18-10-12-19(20)13-11-18/h6-10,12,14-15H,2-5,11,13H2,1H3. The van der Waals surface area contributed by atoms with Crippen LogP contribution in [-0.2, 0) is 0 Å². The molecule has 2 aliphatic carbocycles. The fourth-order valence-corrected chi connectivity index (χ4v) is 3.42. The van der Waals surface area contributed by atoms with E-state index < -0.39 is 0 Å². The minimum Gasteiger partial charge on any atom is -0.212 e. The molecular formula is C19H23F. The van der Waals surface area contributed by atoms with Gasteiger partial charge in [-0.3, -0.25) is 0 Å². The fourth-order valence-electron chi connectivity index (χ4n) is 3.42. The SMILES string of the molecule is CC1CCC(c2ccc(C3=CC=C(F)CC3)cc2)CC1. The molecule has 0 heterocycles. The highest BCUT2D eigenvalue weighted by Gasteiger charge is 2.19. The number of halogens is 1. The van der Waals surface area contributed by atoms with Crippen LogP contribution in [0.25, 0.3) is 5.57 Å². The van der Waals surface area contributed by atoms with E-state index in [4.69, 9.17) is 0 Å². The number of rotatable bonds is 2. The molecular weight excluding hydrogens is 247 g/mol. The molecule has 3 rings (SSSR count). The highest BCUT2D eigenvalue weighted by molar-refractivity contribution is 5.68. The first-order chi connectivity index (χ1) is 9.72. The lowest BCUT2D eigenvalue weighted by Crippen LogP contribution is -2.10. The van der Waals surface area contributed by atoms with Gasteiger partial charge in [0.2, 0.25) is 0 Å². The maximum Gasteiger partial charge on any atom is 0.100 e. The Kier molecular flexibility index (Phi) is 4.05. The van der Waals surface area contributed by atoms with E-state index >= 15 is 0 Å². The van der Waals surface area contributed by atoms with Crippen molar-refractivity contribution in [3.05, 3.63) is 53.4 Å². The van der Waals surface area contributed by atoms with Crippen LogP contribution in [0.15, 0.2) is 42.2 Å². The van der Waals surface area contributed by atoms with Gasteiger partial charge in [0.1, 0.15) is 5.83 Å². The maximum atomic E-state index is 13.0. The first-order valence-electron chi connectivity index (χ1n) is 7.88. The molecule has 106 valence electrons. The fraction of sp³-hybridized carbons (Fsp3) is 0.474. The minimum absolute atomic E-state index is 0.00157. The second kappa shape index (κ2) is 5.95. The van der Waals surface area contributed by atoms with Crippen molar-refractivity contribution >= 4 is 5.57 Å². The summed E-state index contributed by atoms with van der Waals surface area (Å²) < 4.78 is 13.0. The molecule has 1 fully saturated rings. The second-order valence-electron chi connectivity index (χ2n) is 6.38. The maximum absolute atomic E-state index is 13.0. The summed E-state index contributed by atoms with van der Waals surface area (Å²) in [5.74, 6) is 1.65. The van der Waals surface area contributed by atoms with Crippen molar-refractivity contribution in [1.82, 2.24) is 0 Å². The molecule has 0 unspecified atom stereocenters. The van der Waals surface area contributed by atoms with Crippen LogP contribution < -0.4 is 0 Å². The number of allylic oxidation sites excluding steroid dienone is 4. The Labute approximate surface area is 121 Å². The van der Waals surface area contributed by atoms with Crippen LogP contribution in [0.5, 0.6) is 0 Å². The molecule has 0 aromatic heterocycles. The van der Waals surface area contributed by atoms with Gasteiger partial charge >= 0.3 is 0 Å². The van der Waals surface area contributed by atoms with E-state index in [1.54, 1.807) is 6.08 Å². The summed E-state index contributed by atoms with van der Waals surface area (Å²) in [6.07, 6.45) is 10.3. The predicted molar refractivity (Wildman–Crippen MR) is 83.2 cm³/mol. The van der Waals surface area contributed by atoms with Crippen LogP contribution in [0.2, 0.25) is 0 Å². The largest absolute Gasteiger partial charge is 0.212 e. The zero-order chi connectivity index (χ0) is 13.9. The molecule has 1 saturated carbocycles. The highest BCUT2D eigenvalue weighted by Crippen LogP contribution is 2.36. The summed E-state index contributed by atoms with van der Waals surface area (Å²) in [7, 11) is 0. The summed E-state index contributed by atoms with van der Waals surface area (Å²) >= 11 is 0. The summed E-state index contributed by atoms with van der Waals surface area (Å²) in [4.78, 5) is 0. The first kappa shape index (κ1) is 13.6. The molecule has 0 aliphatic heterocycles. The molecule has 1 aromatic rings. The van der Waals surface area contributed by atoms with Gasteiger partial charge in [0.05, 0.1) is 0 Å². The predicted octanol–water partition coefficient (Wildman–Crippen LogP) is 6.01. The van der Waals surface area contributed by atoms with Gasteiger partial charge in [0, 0.05) is 6.42 Å². The zero-order valence-electron chi connectivity index (χ0n) is 12.2. The second-order valence-corrected chi connectivity index (χ2v) is 6.38. The van der Waals surface area contributed by atoms with Crippen molar-refractivity contribution in [2.45, 2.75) is 51.4 Å². The lowest BCUT2D eigenvalue weighted by Gasteiger charge is -2.26. The van der Waals surface area contributed by atoms with E-state index in [0.717, 1.165) is 18.3 Å². The van der Waals surface area contributed by atoms with E-state index in [0.29, 0.717) is 6.42 Å². The molecule has 0 saturated heterocycles. The Hall–Kier alpha value is -1.37. The van der Waals surface area contributed by atoms with E-state index in [9.17, 15) is 4.39 Å². The molecule has 0 atom stereocenters. The topological polar surface area (TPSA) is 0 Å². The van der Waals surface area contributed by atoms with E-state index in [-0.39, 0.29) is 5.83 Å². The van der Waals surface area contributed by atoms with Gasteiger partial charge in [-0.05, 0) is 53.9 Å². The Morgan fingerprint density at radius 2 is 1.60 bits per heavy atom. The molecule has 0 spiro atoms. The van der Waals surface area contributed by atoms with Gasteiger partial charge in [-0.1, -0.05) is 50.1 Å². The Morgan fingerprint density at radius 1 is 0.900 bits per heavy atom. The van der Waals surface area contributed by atoms with Crippen molar-refractivity contribution in [2.75, 3.05) is 0 Å². The van der Waals surface area contributed by atoms with Gasteiger partial charge in [0.15, 0.2) is 0 Å². The van der Waals surface area contributed by atoms with Gasteiger partial charge < -0.3 is 0 Å². The van der Waals surface area contributed by atoms with Crippen LogP contribution in [-0.4, -0.2) is 0 Å². The third-order valence-electron chi connectivity index (χ3n) is 4.87. The summed E-state index contributed by atoms with van der Waals surface area (Å²) in [5, 5.41) is 0. The molecule has 0 bridgehead atoms. The van der Waals surface area contributed by atoms with E-state index in [1.807, 2.05) is 6.08 Å². The summed E-state index contributed by atoms with van der Waals surface area (Å²) in [6, 6.07) is 9.00. The van der Waals surface area contributed by atoms with Crippen molar-refractivity contribution < 1.29 is 4.39 Å². The van der Waals surface area contributed by atoms with Crippen LogP contribution in [0.1, 0.15) is 62.5 Å². The van der Waals surface area contributed by atoms with E-state index in [1.165, 1.54) is 42.4 Å². The highest BCUT2D eigenvalue weighted by atomic mass is 19.1. The van der Waals surface area contributed by atoms with Crippen LogP contribution in [0.3, 0.4) is 0 Å². The molecule has 0 radical (unpaired) electrons. The monoisotopic (exact) mass is 270 g/mol. The van der Waals surface area contributed by atoms with Gasteiger partial charge in [0.25, 0.3) is 0 Å². The average molecular weight is 270 g/mol. The van der Waals surface area contributed by atoms with Gasteiger partial charge in [-0.25, -0.2) is 4.39 Å². The van der Waals surface area contributed by atoms with Gasteiger partial charge in [-0.15, -0.1) is 0 Å². The van der Waals surface area contributed by atoms with Gasteiger partial charge in [-0.2, -0.15) is 0 Å². The van der Waals surface area contributed by atoms with Crippen molar-refractivity contribution in [2.24, 2.45) is 5.92 Å². The van der Waals surface area contributed by atoms with E-state index in [2.05, 4.69) is 31.2 Å². The van der Waals surface area contributed by atoms with Crippen LogP contribution in [0, 0.1) is 5.92 Å². The van der Waals surface area contributed by atoms with Crippen LogP contribution >= 0.6 is 0 Å².